The van der Waals surface area contributed by atoms with Crippen LogP contribution in [0, 0.1) is 12.7 Å². The van der Waals surface area contributed by atoms with Crippen molar-refractivity contribution in [3.05, 3.63) is 29.6 Å². The maximum atomic E-state index is 13.4. The van der Waals surface area contributed by atoms with E-state index in [2.05, 4.69) is 15.7 Å². The number of hydrazine groups is 1. The second-order valence-corrected chi connectivity index (χ2v) is 3.96. The summed E-state index contributed by atoms with van der Waals surface area (Å²) in [5, 5.41) is 2.96. The molecule has 0 bridgehead atoms. The average molecular weight is 268 g/mol. The molecule has 0 fully saturated rings. The van der Waals surface area contributed by atoms with Gasteiger partial charge in [0.1, 0.15) is 5.82 Å². The molecule has 0 aliphatic carbocycles. The third-order valence-electron chi connectivity index (χ3n) is 2.58. The number of nitrogens with zero attached hydrogens (tertiary/aromatic N) is 1. The van der Waals surface area contributed by atoms with Crippen molar-refractivity contribution in [1.82, 2.24) is 5.43 Å². The number of nitrogens with two attached hydrogens (primary N) is 1. The highest BCUT2D eigenvalue weighted by molar-refractivity contribution is 5.93. The molecule has 0 radical (unpaired) electrons. The van der Waals surface area contributed by atoms with Gasteiger partial charge in [-0.3, -0.25) is 10.4 Å². The average Bonchev–Trinajstić information content (AvgIpc) is 2.42. The molecular weight excluding hydrogens is 247 g/mol. The number of nitrogens with one attached hydrogen (secondary N) is 2. The van der Waals surface area contributed by atoms with E-state index in [0.29, 0.717) is 37.0 Å². The second-order valence-electron chi connectivity index (χ2n) is 3.96. The first-order valence-corrected chi connectivity index (χ1v) is 6.30. The molecule has 19 heavy (non-hydrogen) atoms. The van der Waals surface area contributed by atoms with Crippen LogP contribution in [0.15, 0.2) is 23.2 Å². The van der Waals surface area contributed by atoms with Crippen molar-refractivity contribution in [2.45, 2.75) is 20.3 Å². The molecule has 4 N–H and O–H groups in total. The first-order chi connectivity index (χ1) is 9.19. The molecular formula is C13H21FN4O. The Morgan fingerprint density at radius 3 is 2.95 bits per heavy atom. The summed E-state index contributed by atoms with van der Waals surface area (Å²) in [6.07, 6.45) is 0.808. The monoisotopic (exact) mass is 268 g/mol. The number of hydrogen-bond acceptors (Lipinski definition) is 3. The fourth-order valence-corrected chi connectivity index (χ4v) is 1.49. The third-order valence-corrected chi connectivity index (χ3v) is 2.58. The first-order valence-electron chi connectivity index (χ1n) is 6.30. The number of hydrogen-bond donors (Lipinski definition) is 3. The maximum absolute atomic E-state index is 13.4. The van der Waals surface area contributed by atoms with Gasteiger partial charge in [-0.2, -0.15) is 0 Å². The van der Waals surface area contributed by atoms with Crippen LogP contribution in [0.2, 0.25) is 0 Å². The number of guanidine groups is 1. The minimum absolute atomic E-state index is 0.266. The van der Waals surface area contributed by atoms with Crippen LogP contribution in [0.3, 0.4) is 0 Å². The number of aliphatic imine (C=N–C) groups is 1. The highest BCUT2D eigenvalue weighted by Crippen LogP contribution is 2.16. The summed E-state index contributed by atoms with van der Waals surface area (Å²) in [6, 6.07) is 4.81. The van der Waals surface area contributed by atoms with Crippen LogP contribution in [0.1, 0.15) is 18.9 Å². The van der Waals surface area contributed by atoms with Crippen molar-refractivity contribution >= 4 is 11.6 Å². The quantitative estimate of drug-likeness (QED) is 0.242. The van der Waals surface area contributed by atoms with E-state index >= 15 is 0 Å². The number of rotatable bonds is 6. The molecule has 1 aromatic rings. The van der Waals surface area contributed by atoms with Crippen molar-refractivity contribution in [3.63, 3.8) is 0 Å². The Kier molecular flexibility index (Phi) is 6.84. The smallest absolute Gasteiger partial charge is 0.210 e. The van der Waals surface area contributed by atoms with E-state index in [1.54, 1.807) is 19.1 Å². The zero-order valence-electron chi connectivity index (χ0n) is 11.4. The molecule has 0 heterocycles. The van der Waals surface area contributed by atoms with Crippen molar-refractivity contribution in [2.75, 3.05) is 25.1 Å². The molecule has 0 unspecified atom stereocenters. The Bertz CT molecular complexity index is 423. The van der Waals surface area contributed by atoms with Gasteiger partial charge >= 0.3 is 0 Å². The van der Waals surface area contributed by atoms with Gasteiger partial charge in [0.2, 0.25) is 5.96 Å². The van der Waals surface area contributed by atoms with E-state index in [0.717, 1.165) is 6.42 Å². The van der Waals surface area contributed by atoms with Gasteiger partial charge in [0.05, 0.1) is 0 Å². The maximum Gasteiger partial charge on any atom is 0.210 e. The van der Waals surface area contributed by atoms with Gasteiger partial charge in [-0.15, -0.1) is 0 Å². The lowest BCUT2D eigenvalue weighted by Gasteiger charge is -2.11. The molecule has 0 aliphatic heterocycles. The minimum Gasteiger partial charge on any atom is -0.382 e. The van der Waals surface area contributed by atoms with Gasteiger partial charge in [-0.05, 0) is 32.4 Å². The van der Waals surface area contributed by atoms with Gasteiger partial charge in [0.15, 0.2) is 0 Å². The largest absolute Gasteiger partial charge is 0.382 e. The Balaban J connectivity index is 2.56. The SMILES string of the molecule is CCOCCCN=C(NN)Nc1cccc(F)c1C. The zero-order valence-corrected chi connectivity index (χ0v) is 11.4. The lowest BCUT2D eigenvalue weighted by Crippen LogP contribution is -2.36. The minimum atomic E-state index is -0.266. The van der Waals surface area contributed by atoms with Crippen molar-refractivity contribution < 1.29 is 9.13 Å². The van der Waals surface area contributed by atoms with Gasteiger partial charge in [-0.1, -0.05) is 6.07 Å². The van der Waals surface area contributed by atoms with Crippen LogP contribution < -0.4 is 16.6 Å². The summed E-state index contributed by atoms with van der Waals surface area (Å²) in [4.78, 5) is 4.25. The van der Waals surface area contributed by atoms with Crippen LogP contribution in [0.4, 0.5) is 10.1 Å². The van der Waals surface area contributed by atoms with Crippen molar-refractivity contribution in [1.29, 1.82) is 0 Å². The van der Waals surface area contributed by atoms with Gasteiger partial charge in [-0.25, -0.2) is 10.2 Å². The number of ether oxygens (including phenoxy) is 1. The fraction of sp³-hybridized carbons (Fsp3) is 0.462. The zero-order chi connectivity index (χ0) is 14.1. The van der Waals surface area contributed by atoms with E-state index in [4.69, 9.17) is 10.6 Å². The van der Waals surface area contributed by atoms with Crippen LogP contribution >= 0.6 is 0 Å². The standard InChI is InChI=1S/C13H21FN4O/c1-3-19-9-5-8-16-13(18-15)17-12-7-4-6-11(14)10(12)2/h4,6-7H,3,5,8-9,15H2,1-2H3,(H2,16,17,18). The molecule has 6 heteroatoms. The highest BCUT2D eigenvalue weighted by atomic mass is 19.1. The summed E-state index contributed by atoms with van der Waals surface area (Å²) in [5.41, 5.74) is 3.63. The molecule has 0 aromatic heterocycles. The molecule has 0 amide bonds. The molecule has 1 aromatic carbocycles. The second kappa shape index (κ2) is 8.44. The molecule has 0 aliphatic rings. The predicted octanol–water partition coefficient (Wildman–Crippen LogP) is 1.79. The van der Waals surface area contributed by atoms with Crippen molar-refractivity contribution in [2.24, 2.45) is 10.8 Å². The summed E-state index contributed by atoms with van der Waals surface area (Å²) in [5.74, 6) is 5.52. The summed E-state index contributed by atoms with van der Waals surface area (Å²) < 4.78 is 18.6. The number of halogens is 1. The Morgan fingerprint density at radius 1 is 1.47 bits per heavy atom. The molecule has 106 valence electrons. The van der Waals surface area contributed by atoms with E-state index in [1.807, 2.05) is 6.92 Å². The Labute approximate surface area is 113 Å². The molecule has 1 rings (SSSR count). The van der Waals surface area contributed by atoms with Gasteiger partial charge in [0.25, 0.3) is 0 Å². The van der Waals surface area contributed by atoms with Gasteiger partial charge in [0, 0.05) is 31.0 Å². The normalized spacial score (nSPS) is 11.5. The molecule has 0 atom stereocenters. The fourth-order valence-electron chi connectivity index (χ4n) is 1.49. The first kappa shape index (κ1) is 15.4. The van der Waals surface area contributed by atoms with E-state index < -0.39 is 0 Å². The van der Waals surface area contributed by atoms with Gasteiger partial charge < -0.3 is 10.1 Å². The van der Waals surface area contributed by atoms with Crippen LogP contribution in [-0.4, -0.2) is 25.7 Å². The van der Waals surface area contributed by atoms with Crippen LogP contribution in [0.25, 0.3) is 0 Å². The lowest BCUT2D eigenvalue weighted by atomic mass is 10.2. The molecule has 0 saturated heterocycles. The number of benzene rings is 1. The number of anilines is 1. The predicted molar refractivity (Wildman–Crippen MR) is 75.5 cm³/mol. The Hall–Kier alpha value is -1.66. The van der Waals surface area contributed by atoms with Crippen molar-refractivity contribution in [3.8, 4) is 0 Å². The van der Waals surface area contributed by atoms with Crippen LogP contribution in [-0.2, 0) is 4.74 Å². The third kappa shape index (κ3) is 5.23. The Morgan fingerprint density at radius 2 is 2.26 bits per heavy atom. The van der Waals surface area contributed by atoms with E-state index in [9.17, 15) is 4.39 Å². The lowest BCUT2D eigenvalue weighted by molar-refractivity contribution is 0.146. The molecule has 5 nitrogen and oxygen atoms in total. The summed E-state index contributed by atoms with van der Waals surface area (Å²) in [7, 11) is 0. The van der Waals surface area contributed by atoms with E-state index in [-0.39, 0.29) is 5.82 Å². The van der Waals surface area contributed by atoms with Crippen LogP contribution in [0.5, 0.6) is 0 Å². The molecule has 0 spiro atoms. The van der Waals surface area contributed by atoms with E-state index in [1.165, 1.54) is 6.07 Å². The summed E-state index contributed by atoms with van der Waals surface area (Å²) >= 11 is 0. The topological polar surface area (TPSA) is 71.7 Å². The summed E-state index contributed by atoms with van der Waals surface area (Å²) in [6.45, 7) is 5.59. The molecule has 0 saturated carbocycles. The highest BCUT2D eigenvalue weighted by Gasteiger charge is 2.04.